The Morgan fingerprint density at radius 3 is 2.53 bits per heavy atom. The number of hydrogen-bond donors (Lipinski definition) is 0. The van der Waals surface area contributed by atoms with Gasteiger partial charge in [0.05, 0.1) is 12.2 Å². The van der Waals surface area contributed by atoms with E-state index in [0.717, 1.165) is 70.1 Å². The Bertz CT molecular complexity index is 1580. The van der Waals surface area contributed by atoms with Gasteiger partial charge in [-0.05, 0) is 61.5 Å². The number of ether oxygens (including phenoxy) is 1. The van der Waals surface area contributed by atoms with E-state index in [4.69, 9.17) is 19.1 Å². The van der Waals surface area contributed by atoms with E-state index in [1.54, 1.807) is 0 Å². The maximum Gasteiger partial charge on any atom is 0.318 e. The van der Waals surface area contributed by atoms with Crippen LogP contribution in [0.5, 0.6) is 6.01 Å². The highest BCUT2D eigenvalue weighted by molar-refractivity contribution is 6.74. The molecule has 1 amide bonds. The van der Waals surface area contributed by atoms with Gasteiger partial charge in [-0.1, -0.05) is 63.7 Å². The average molecular weight is 657 g/mol. The lowest BCUT2D eigenvalue weighted by Crippen LogP contribution is -2.49. The van der Waals surface area contributed by atoms with Gasteiger partial charge in [0.1, 0.15) is 12.4 Å². The van der Waals surface area contributed by atoms with Crippen LogP contribution in [0.1, 0.15) is 44.9 Å². The summed E-state index contributed by atoms with van der Waals surface area (Å²) in [7, 11) is -1.78. The molecule has 6 rings (SSSR count). The Balaban J connectivity index is 1.20. The molecule has 10 heteroatoms. The zero-order chi connectivity index (χ0) is 33.2. The fourth-order valence-corrected chi connectivity index (χ4v) is 7.89. The first kappa shape index (κ1) is 33.4. The molecule has 2 fully saturated rings. The van der Waals surface area contributed by atoms with Crippen LogP contribution in [-0.4, -0.2) is 99.1 Å². The summed E-state index contributed by atoms with van der Waals surface area (Å²) in [4.78, 5) is 31.6. The van der Waals surface area contributed by atoms with E-state index < -0.39 is 8.32 Å². The molecule has 252 valence electrons. The third kappa shape index (κ3) is 7.34. The van der Waals surface area contributed by atoms with Crippen LogP contribution < -0.4 is 14.5 Å². The lowest BCUT2D eigenvalue weighted by molar-refractivity contribution is -0.126. The molecule has 2 aromatic carbocycles. The summed E-state index contributed by atoms with van der Waals surface area (Å²) in [6.45, 7) is 22.8. The number of likely N-dealkylation sites (tertiary alicyclic amines) is 1. The summed E-state index contributed by atoms with van der Waals surface area (Å²) in [6, 6.07) is 15.9. The molecule has 4 heterocycles. The number of rotatable bonds is 10. The second-order valence-corrected chi connectivity index (χ2v) is 19.5. The molecule has 0 aliphatic carbocycles. The quantitative estimate of drug-likeness (QED) is 0.198. The maximum absolute atomic E-state index is 12.3. The molecule has 3 aliphatic heterocycles. The van der Waals surface area contributed by atoms with Crippen molar-refractivity contribution < 1.29 is 14.0 Å². The molecule has 0 bridgehead atoms. The molecule has 2 saturated heterocycles. The molecule has 1 atom stereocenters. The van der Waals surface area contributed by atoms with Crippen LogP contribution in [0.3, 0.4) is 0 Å². The molecule has 9 nitrogen and oxygen atoms in total. The van der Waals surface area contributed by atoms with Crippen molar-refractivity contribution in [2.24, 2.45) is 0 Å². The van der Waals surface area contributed by atoms with E-state index in [0.29, 0.717) is 38.3 Å². The van der Waals surface area contributed by atoms with E-state index in [2.05, 4.69) is 97.6 Å². The van der Waals surface area contributed by atoms with Gasteiger partial charge in [0.2, 0.25) is 5.91 Å². The standard InChI is InChI=1S/C37H52N6O3Si/c1-7-34(44)41-20-22-42(23-21-41)35-31-17-19-43(33-16-10-13-28-12-8-9-15-30(28)33)26-32(31)38-36(39-35)45-27-29-14-11-18-40(29)24-25-46-47(5,6)37(2,3)4/h7-10,12-13,15-16,29H,1,11,14,17-27H2,2-6H3/t29-/m1/s1. The van der Waals surface area contributed by atoms with E-state index >= 15 is 0 Å². The summed E-state index contributed by atoms with van der Waals surface area (Å²) < 4.78 is 13.0. The molecule has 0 N–H and O–H groups in total. The first-order valence-electron chi connectivity index (χ1n) is 17.3. The van der Waals surface area contributed by atoms with Crippen molar-refractivity contribution in [3.63, 3.8) is 0 Å². The fraction of sp³-hybridized carbons (Fsp3) is 0.541. The third-order valence-electron chi connectivity index (χ3n) is 10.7. The van der Waals surface area contributed by atoms with Crippen molar-refractivity contribution in [3.05, 3.63) is 66.4 Å². The normalized spacial score (nSPS) is 19.3. The van der Waals surface area contributed by atoms with E-state index in [9.17, 15) is 4.79 Å². The van der Waals surface area contributed by atoms with Gasteiger partial charge in [0.15, 0.2) is 8.32 Å². The van der Waals surface area contributed by atoms with Gasteiger partial charge in [0.25, 0.3) is 0 Å². The Morgan fingerprint density at radius 2 is 1.77 bits per heavy atom. The van der Waals surface area contributed by atoms with Crippen LogP contribution in [0.4, 0.5) is 11.5 Å². The van der Waals surface area contributed by atoms with Gasteiger partial charge < -0.3 is 23.9 Å². The van der Waals surface area contributed by atoms with E-state index in [1.807, 2.05) is 4.90 Å². The van der Waals surface area contributed by atoms with Gasteiger partial charge in [-0.2, -0.15) is 9.97 Å². The second-order valence-electron chi connectivity index (χ2n) is 14.7. The zero-order valence-electron chi connectivity index (χ0n) is 29.0. The summed E-state index contributed by atoms with van der Waals surface area (Å²) in [5.74, 6) is 0.944. The number of anilines is 2. The average Bonchev–Trinajstić information content (AvgIpc) is 3.52. The van der Waals surface area contributed by atoms with E-state index in [-0.39, 0.29) is 10.9 Å². The predicted octanol–water partition coefficient (Wildman–Crippen LogP) is 5.89. The van der Waals surface area contributed by atoms with Crippen molar-refractivity contribution in [2.45, 2.75) is 70.8 Å². The Labute approximate surface area is 281 Å². The van der Waals surface area contributed by atoms with Crippen molar-refractivity contribution in [1.29, 1.82) is 0 Å². The summed E-state index contributed by atoms with van der Waals surface area (Å²) >= 11 is 0. The van der Waals surface area contributed by atoms with Crippen LogP contribution in [-0.2, 0) is 22.2 Å². The topological polar surface area (TPSA) is 74.3 Å². The lowest BCUT2D eigenvalue weighted by Gasteiger charge is -2.38. The summed E-state index contributed by atoms with van der Waals surface area (Å²) in [5, 5.41) is 2.70. The minimum atomic E-state index is -1.78. The van der Waals surface area contributed by atoms with E-state index in [1.165, 1.54) is 28.1 Å². The minimum absolute atomic E-state index is 0.0139. The molecular formula is C37H52N6O3Si. The van der Waals surface area contributed by atoms with Crippen molar-refractivity contribution in [1.82, 2.24) is 19.8 Å². The third-order valence-corrected chi connectivity index (χ3v) is 15.3. The molecule has 47 heavy (non-hydrogen) atoms. The lowest BCUT2D eigenvalue weighted by atomic mass is 10.0. The number of piperazine rings is 1. The monoisotopic (exact) mass is 656 g/mol. The van der Waals surface area contributed by atoms with Gasteiger partial charge in [-0.3, -0.25) is 9.69 Å². The molecule has 3 aromatic rings. The van der Waals surface area contributed by atoms with Crippen LogP contribution in [0.15, 0.2) is 55.1 Å². The van der Waals surface area contributed by atoms with Crippen molar-refractivity contribution in [2.75, 3.05) is 68.8 Å². The Hall–Kier alpha value is -3.47. The predicted molar refractivity (Wildman–Crippen MR) is 193 cm³/mol. The Morgan fingerprint density at radius 1 is 1.00 bits per heavy atom. The Kier molecular flexibility index (Phi) is 9.92. The van der Waals surface area contributed by atoms with Gasteiger partial charge in [-0.15, -0.1) is 0 Å². The molecule has 0 saturated carbocycles. The van der Waals surface area contributed by atoms with Crippen LogP contribution in [0.25, 0.3) is 10.8 Å². The molecule has 0 spiro atoms. The molecule has 0 radical (unpaired) electrons. The molecule has 0 unspecified atom stereocenters. The van der Waals surface area contributed by atoms with Gasteiger partial charge in [-0.25, -0.2) is 0 Å². The largest absolute Gasteiger partial charge is 0.462 e. The summed E-state index contributed by atoms with van der Waals surface area (Å²) in [6.07, 6.45) is 4.52. The number of hydrogen-bond acceptors (Lipinski definition) is 8. The van der Waals surface area contributed by atoms with Crippen molar-refractivity contribution in [3.8, 4) is 6.01 Å². The number of carbonyl (C=O) groups is 1. The first-order chi connectivity index (χ1) is 22.5. The highest BCUT2D eigenvalue weighted by atomic mass is 28.4. The van der Waals surface area contributed by atoms with Crippen LogP contribution in [0, 0.1) is 0 Å². The SMILES string of the molecule is C=CC(=O)N1CCN(c2nc(OC[C@H]3CCCN3CCO[Si](C)(C)C(C)(C)C)nc3c2CCN(c2cccc4ccccc24)C3)CC1. The zero-order valence-corrected chi connectivity index (χ0v) is 30.0. The smallest absolute Gasteiger partial charge is 0.318 e. The second kappa shape index (κ2) is 13.9. The number of fused-ring (bicyclic) bond motifs is 2. The molecular weight excluding hydrogens is 605 g/mol. The van der Waals surface area contributed by atoms with Crippen LogP contribution in [0.2, 0.25) is 18.1 Å². The van der Waals surface area contributed by atoms with Gasteiger partial charge >= 0.3 is 6.01 Å². The summed E-state index contributed by atoms with van der Waals surface area (Å²) in [5.41, 5.74) is 3.46. The van der Waals surface area contributed by atoms with Gasteiger partial charge in [0, 0.05) is 68.6 Å². The highest BCUT2D eigenvalue weighted by Gasteiger charge is 2.37. The minimum Gasteiger partial charge on any atom is -0.462 e. The molecule has 1 aromatic heterocycles. The maximum atomic E-state index is 12.3. The number of nitrogens with zero attached hydrogens (tertiary/aromatic N) is 6. The highest BCUT2D eigenvalue weighted by Crippen LogP contribution is 2.37. The van der Waals surface area contributed by atoms with Crippen LogP contribution >= 0.6 is 0 Å². The molecule has 3 aliphatic rings. The number of carbonyl (C=O) groups excluding carboxylic acids is 1. The fourth-order valence-electron chi connectivity index (χ4n) is 6.86. The van der Waals surface area contributed by atoms with Crippen molar-refractivity contribution >= 4 is 36.5 Å². The number of aromatic nitrogens is 2. The first-order valence-corrected chi connectivity index (χ1v) is 20.2. The number of benzene rings is 2. The number of amides is 1.